The van der Waals surface area contributed by atoms with Crippen molar-refractivity contribution in [1.82, 2.24) is 0 Å². The summed E-state index contributed by atoms with van der Waals surface area (Å²) in [6, 6.07) is 2.81. The molecule has 1 aromatic rings. The van der Waals surface area contributed by atoms with Crippen molar-refractivity contribution in [2.75, 3.05) is 19.5 Å². The molecule has 0 heterocycles. The number of hydrogen-bond acceptors (Lipinski definition) is 6. The summed E-state index contributed by atoms with van der Waals surface area (Å²) >= 11 is 3.23. The summed E-state index contributed by atoms with van der Waals surface area (Å²) in [5.41, 5.74) is 0.949. The highest BCUT2D eigenvalue weighted by atomic mass is 79.9. The van der Waals surface area contributed by atoms with Crippen molar-refractivity contribution in [2.45, 2.75) is 6.92 Å². The summed E-state index contributed by atoms with van der Waals surface area (Å²) in [5, 5.41) is 11.7. The summed E-state index contributed by atoms with van der Waals surface area (Å²) in [4.78, 5) is 34.0. The van der Waals surface area contributed by atoms with Crippen molar-refractivity contribution in [3.63, 3.8) is 0 Å². The van der Waals surface area contributed by atoms with Gasteiger partial charge in [0.25, 0.3) is 0 Å². The molecule has 0 fully saturated rings. The Bertz CT molecular complexity index is 630. The summed E-state index contributed by atoms with van der Waals surface area (Å²) in [5.74, 6) is -2.57. The molecule has 7 nitrogen and oxygen atoms in total. The van der Waals surface area contributed by atoms with Crippen LogP contribution in [0.2, 0.25) is 0 Å². The minimum atomic E-state index is -1.08. The Morgan fingerprint density at radius 2 is 1.86 bits per heavy atom. The van der Waals surface area contributed by atoms with Gasteiger partial charge in [-0.25, -0.2) is 14.4 Å². The molecule has 0 aliphatic heterocycles. The van der Waals surface area contributed by atoms with Crippen molar-refractivity contribution in [1.29, 1.82) is 0 Å². The highest BCUT2D eigenvalue weighted by molar-refractivity contribution is 9.10. The van der Waals surface area contributed by atoms with E-state index in [1.165, 1.54) is 26.4 Å². The lowest BCUT2D eigenvalue weighted by Gasteiger charge is -2.14. The van der Waals surface area contributed by atoms with Gasteiger partial charge in [0.2, 0.25) is 0 Å². The second-order valence-electron chi connectivity index (χ2n) is 4.15. The molecule has 22 heavy (non-hydrogen) atoms. The van der Waals surface area contributed by atoms with Crippen LogP contribution in [0.3, 0.4) is 0 Å². The number of carboxylic acid groups (broad SMARTS) is 1. The molecule has 0 spiro atoms. The number of rotatable bonds is 5. The van der Waals surface area contributed by atoms with Crippen LogP contribution >= 0.6 is 15.9 Å². The Morgan fingerprint density at radius 3 is 2.32 bits per heavy atom. The van der Waals surface area contributed by atoms with Gasteiger partial charge in [0, 0.05) is 4.47 Å². The van der Waals surface area contributed by atoms with E-state index in [1.807, 2.05) is 0 Å². The SMILES string of the molecule is COC(=O)/C=C(/Nc1c(C)cc(C(=O)O)cc1Br)C(=O)OC. The fraction of sp³-hybridized carbons (Fsp3) is 0.214. The zero-order chi connectivity index (χ0) is 16.9. The van der Waals surface area contributed by atoms with Gasteiger partial charge in [-0.3, -0.25) is 0 Å². The molecule has 118 valence electrons. The second kappa shape index (κ2) is 7.60. The molecule has 8 heteroatoms. The number of methoxy groups -OCH3 is 2. The quantitative estimate of drug-likeness (QED) is 0.603. The topological polar surface area (TPSA) is 102 Å². The number of esters is 2. The molecule has 0 saturated carbocycles. The Kier molecular flexibility index (Phi) is 6.11. The van der Waals surface area contributed by atoms with E-state index < -0.39 is 17.9 Å². The van der Waals surface area contributed by atoms with E-state index in [4.69, 9.17) is 5.11 Å². The summed E-state index contributed by atoms with van der Waals surface area (Å²) in [6.07, 6.45) is 0.947. The van der Waals surface area contributed by atoms with E-state index in [0.29, 0.717) is 15.7 Å². The lowest BCUT2D eigenvalue weighted by Crippen LogP contribution is -2.16. The highest BCUT2D eigenvalue weighted by Crippen LogP contribution is 2.29. The predicted molar refractivity (Wildman–Crippen MR) is 81.6 cm³/mol. The van der Waals surface area contributed by atoms with Gasteiger partial charge in [-0.2, -0.15) is 0 Å². The summed E-state index contributed by atoms with van der Waals surface area (Å²) in [7, 11) is 2.35. The van der Waals surface area contributed by atoms with Crippen molar-refractivity contribution >= 4 is 39.5 Å². The molecule has 2 N–H and O–H groups in total. The van der Waals surface area contributed by atoms with Gasteiger partial charge in [-0.15, -0.1) is 0 Å². The molecule has 0 aliphatic carbocycles. The average Bonchev–Trinajstić information content (AvgIpc) is 2.48. The lowest BCUT2D eigenvalue weighted by atomic mass is 10.1. The molecule has 0 atom stereocenters. The van der Waals surface area contributed by atoms with Crippen LogP contribution < -0.4 is 5.32 Å². The van der Waals surface area contributed by atoms with Crippen molar-refractivity contribution in [3.05, 3.63) is 39.5 Å². The molecular weight excluding hydrogens is 358 g/mol. The van der Waals surface area contributed by atoms with E-state index in [2.05, 4.69) is 30.7 Å². The summed E-state index contributed by atoms with van der Waals surface area (Å²) in [6.45, 7) is 1.66. The number of halogens is 1. The Hall–Kier alpha value is -2.35. The molecule has 0 unspecified atom stereocenters. The average molecular weight is 372 g/mol. The number of aryl methyl sites for hydroxylation is 1. The highest BCUT2D eigenvalue weighted by Gasteiger charge is 2.17. The van der Waals surface area contributed by atoms with Crippen LogP contribution in [0.15, 0.2) is 28.4 Å². The lowest BCUT2D eigenvalue weighted by molar-refractivity contribution is -0.138. The van der Waals surface area contributed by atoms with Crippen molar-refractivity contribution < 1.29 is 29.0 Å². The Morgan fingerprint density at radius 1 is 1.23 bits per heavy atom. The molecular formula is C14H14BrNO6. The fourth-order valence-corrected chi connectivity index (χ4v) is 2.25. The van der Waals surface area contributed by atoms with Crippen LogP contribution in [0.1, 0.15) is 15.9 Å². The smallest absolute Gasteiger partial charge is 0.354 e. The minimum Gasteiger partial charge on any atom is -0.478 e. The molecule has 1 aromatic carbocycles. The van der Waals surface area contributed by atoms with Crippen LogP contribution in [0.25, 0.3) is 0 Å². The third-order valence-corrected chi connectivity index (χ3v) is 3.29. The zero-order valence-corrected chi connectivity index (χ0v) is 13.7. The number of carbonyl (C=O) groups excluding carboxylic acids is 2. The first-order valence-electron chi connectivity index (χ1n) is 5.98. The number of anilines is 1. The van der Waals surface area contributed by atoms with Crippen LogP contribution in [0, 0.1) is 6.92 Å². The minimum absolute atomic E-state index is 0.0893. The molecule has 0 amide bonds. The van der Waals surface area contributed by atoms with E-state index >= 15 is 0 Å². The van der Waals surface area contributed by atoms with E-state index in [-0.39, 0.29) is 11.3 Å². The number of ether oxygens (including phenoxy) is 2. The maximum absolute atomic E-state index is 11.7. The molecule has 0 aromatic heterocycles. The van der Waals surface area contributed by atoms with Gasteiger partial charge < -0.3 is 19.9 Å². The molecule has 0 radical (unpaired) electrons. The largest absolute Gasteiger partial charge is 0.478 e. The second-order valence-corrected chi connectivity index (χ2v) is 5.01. The standard InChI is InChI=1S/C14H14BrNO6/c1-7-4-8(13(18)19)5-9(15)12(7)16-10(14(20)22-3)6-11(17)21-2/h4-6,16H,1-3H3,(H,18,19)/b10-6+. The summed E-state index contributed by atoms with van der Waals surface area (Å²) < 4.78 is 9.48. The Balaban J connectivity index is 3.24. The van der Waals surface area contributed by atoms with Gasteiger partial charge >= 0.3 is 17.9 Å². The van der Waals surface area contributed by atoms with Crippen molar-refractivity contribution in [3.8, 4) is 0 Å². The number of hydrogen-bond donors (Lipinski definition) is 2. The number of nitrogens with one attached hydrogen (secondary N) is 1. The Labute approximate surface area is 135 Å². The van der Waals surface area contributed by atoms with E-state index in [0.717, 1.165) is 6.08 Å². The van der Waals surface area contributed by atoms with Gasteiger partial charge in [-0.05, 0) is 40.5 Å². The maximum atomic E-state index is 11.7. The number of aromatic carboxylic acids is 1. The van der Waals surface area contributed by atoms with Crippen LogP contribution in [0.4, 0.5) is 5.69 Å². The fourth-order valence-electron chi connectivity index (χ4n) is 1.59. The number of benzene rings is 1. The first-order valence-corrected chi connectivity index (χ1v) is 6.77. The first-order chi connectivity index (χ1) is 10.3. The monoisotopic (exact) mass is 371 g/mol. The van der Waals surface area contributed by atoms with Crippen LogP contribution in [-0.2, 0) is 19.1 Å². The molecule has 1 rings (SSSR count). The normalized spacial score (nSPS) is 10.8. The number of carbonyl (C=O) groups is 3. The molecule has 0 saturated heterocycles. The first kappa shape index (κ1) is 17.7. The third-order valence-electron chi connectivity index (χ3n) is 2.66. The zero-order valence-electron chi connectivity index (χ0n) is 12.1. The van der Waals surface area contributed by atoms with Gasteiger partial charge in [0.1, 0.15) is 5.70 Å². The van der Waals surface area contributed by atoms with E-state index in [1.54, 1.807) is 6.92 Å². The maximum Gasteiger partial charge on any atom is 0.354 e. The third kappa shape index (κ3) is 4.32. The number of carboxylic acids is 1. The van der Waals surface area contributed by atoms with Crippen LogP contribution in [0.5, 0.6) is 0 Å². The van der Waals surface area contributed by atoms with Gasteiger partial charge in [-0.1, -0.05) is 0 Å². The molecule has 0 bridgehead atoms. The van der Waals surface area contributed by atoms with Gasteiger partial charge in [0.15, 0.2) is 0 Å². The van der Waals surface area contributed by atoms with E-state index in [9.17, 15) is 14.4 Å². The van der Waals surface area contributed by atoms with Gasteiger partial charge in [0.05, 0.1) is 31.5 Å². The molecule has 0 aliphatic rings. The van der Waals surface area contributed by atoms with Crippen molar-refractivity contribution in [2.24, 2.45) is 0 Å². The predicted octanol–water partition coefficient (Wildman–Crippen LogP) is 2.10. The van der Waals surface area contributed by atoms with Crippen LogP contribution in [-0.4, -0.2) is 37.2 Å².